The molecular weight excluding hydrogens is 314 g/mol. The van der Waals surface area contributed by atoms with E-state index in [-0.39, 0.29) is 5.91 Å². The molecule has 1 amide bonds. The summed E-state index contributed by atoms with van der Waals surface area (Å²) in [4.78, 5) is 16.6. The van der Waals surface area contributed by atoms with Gasteiger partial charge in [-0.25, -0.2) is 0 Å². The van der Waals surface area contributed by atoms with Crippen LogP contribution in [0.5, 0.6) is 0 Å². The molecule has 1 saturated heterocycles. The molecule has 5 heteroatoms. The first-order valence-electron chi connectivity index (χ1n) is 8.67. The SMILES string of the molecule is CN(CC(=O)NCc1ccccc1N1CCOCC1)c1ccccc1. The maximum atomic E-state index is 12.3. The van der Waals surface area contributed by atoms with E-state index in [1.807, 2.05) is 54.4 Å². The second-order valence-corrected chi connectivity index (χ2v) is 6.20. The Balaban J connectivity index is 1.57. The number of hydrogen-bond acceptors (Lipinski definition) is 4. The minimum absolute atomic E-state index is 0.0168. The molecule has 0 unspecified atom stereocenters. The molecule has 3 rings (SSSR count). The molecule has 0 radical (unpaired) electrons. The lowest BCUT2D eigenvalue weighted by Crippen LogP contribution is -2.38. The smallest absolute Gasteiger partial charge is 0.239 e. The summed E-state index contributed by atoms with van der Waals surface area (Å²) < 4.78 is 5.43. The lowest BCUT2D eigenvalue weighted by molar-refractivity contribution is -0.119. The number of amides is 1. The minimum atomic E-state index is 0.0168. The fraction of sp³-hybridized carbons (Fsp3) is 0.350. The Labute approximate surface area is 149 Å². The molecule has 0 spiro atoms. The zero-order valence-corrected chi connectivity index (χ0v) is 14.6. The number of nitrogens with one attached hydrogen (secondary N) is 1. The molecule has 0 aromatic heterocycles. The lowest BCUT2D eigenvalue weighted by Gasteiger charge is -2.30. The van der Waals surface area contributed by atoms with E-state index >= 15 is 0 Å². The molecular formula is C20H25N3O2. The van der Waals surface area contributed by atoms with Gasteiger partial charge in [0.05, 0.1) is 19.8 Å². The number of anilines is 2. The number of benzene rings is 2. The Morgan fingerprint density at radius 1 is 1.08 bits per heavy atom. The molecule has 5 nitrogen and oxygen atoms in total. The summed E-state index contributed by atoms with van der Waals surface area (Å²) in [7, 11) is 1.93. The van der Waals surface area contributed by atoms with E-state index in [4.69, 9.17) is 4.74 Å². The van der Waals surface area contributed by atoms with Gasteiger partial charge >= 0.3 is 0 Å². The van der Waals surface area contributed by atoms with E-state index in [0.29, 0.717) is 13.1 Å². The molecule has 0 aliphatic carbocycles. The van der Waals surface area contributed by atoms with Gasteiger partial charge in [-0.3, -0.25) is 4.79 Å². The number of nitrogens with zero attached hydrogens (tertiary/aromatic N) is 2. The molecule has 2 aromatic rings. The molecule has 2 aromatic carbocycles. The number of hydrogen-bond donors (Lipinski definition) is 1. The third-order valence-corrected chi connectivity index (χ3v) is 4.40. The molecule has 25 heavy (non-hydrogen) atoms. The minimum Gasteiger partial charge on any atom is -0.378 e. The van der Waals surface area contributed by atoms with E-state index in [9.17, 15) is 4.79 Å². The molecule has 1 aliphatic heterocycles. The van der Waals surface area contributed by atoms with Crippen LogP contribution in [0.25, 0.3) is 0 Å². The van der Waals surface area contributed by atoms with Crippen LogP contribution in [-0.2, 0) is 16.1 Å². The lowest BCUT2D eigenvalue weighted by atomic mass is 10.1. The highest BCUT2D eigenvalue weighted by atomic mass is 16.5. The van der Waals surface area contributed by atoms with Crippen LogP contribution >= 0.6 is 0 Å². The zero-order valence-electron chi connectivity index (χ0n) is 14.6. The predicted molar refractivity (Wildman–Crippen MR) is 101 cm³/mol. The van der Waals surface area contributed by atoms with Crippen LogP contribution in [0.4, 0.5) is 11.4 Å². The zero-order chi connectivity index (χ0) is 17.5. The number of para-hydroxylation sites is 2. The Hall–Kier alpha value is -2.53. The molecule has 0 atom stereocenters. The third-order valence-electron chi connectivity index (χ3n) is 4.40. The van der Waals surface area contributed by atoms with Gasteiger partial charge in [0.15, 0.2) is 0 Å². The first-order valence-corrected chi connectivity index (χ1v) is 8.67. The Kier molecular flexibility index (Phi) is 5.90. The van der Waals surface area contributed by atoms with E-state index in [1.54, 1.807) is 0 Å². The fourth-order valence-electron chi connectivity index (χ4n) is 3.01. The average Bonchev–Trinajstić information content (AvgIpc) is 2.68. The number of carbonyl (C=O) groups excluding carboxylic acids is 1. The quantitative estimate of drug-likeness (QED) is 0.877. The second-order valence-electron chi connectivity index (χ2n) is 6.20. The third kappa shape index (κ3) is 4.73. The number of likely N-dealkylation sites (N-methyl/N-ethyl adjacent to an activating group) is 1. The van der Waals surface area contributed by atoms with Gasteiger partial charge in [-0.15, -0.1) is 0 Å². The van der Waals surface area contributed by atoms with Crippen LogP contribution in [0.15, 0.2) is 54.6 Å². The predicted octanol–water partition coefficient (Wildman–Crippen LogP) is 2.28. The highest BCUT2D eigenvalue weighted by Gasteiger charge is 2.15. The molecule has 1 aliphatic rings. The molecule has 132 valence electrons. The van der Waals surface area contributed by atoms with E-state index < -0.39 is 0 Å². The second kappa shape index (κ2) is 8.53. The fourth-order valence-corrected chi connectivity index (χ4v) is 3.01. The van der Waals surface area contributed by atoms with Crippen molar-refractivity contribution in [3.8, 4) is 0 Å². The number of rotatable bonds is 6. The van der Waals surface area contributed by atoms with Gasteiger partial charge in [-0.2, -0.15) is 0 Å². The van der Waals surface area contributed by atoms with Crippen molar-refractivity contribution in [3.05, 3.63) is 60.2 Å². The van der Waals surface area contributed by atoms with Crippen LogP contribution in [0.2, 0.25) is 0 Å². The molecule has 0 bridgehead atoms. The molecule has 1 heterocycles. The molecule has 1 fully saturated rings. The number of ether oxygens (including phenoxy) is 1. The van der Waals surface area contributed by atoms with Crippen molar-refractivity contribution in [2.45, 2.75) is 6.54 Å². The summed E-state index contributed by atoms with van der Waals surface area (Å²) >= 11 is 0. The van der Waals surface area contributed by atoms with Gasteiger partial charge in [0.2, 0.25) is 5.91 Å². The van der Waals surface area contributed by atoms with E-state index in [0.717, 1.165) is 37.6 Å². The summed E-state index contributed by atoms with van der Waals surface area (Å²) in [6.07, 6.45) is 0. The Bertz CT molecular complexity index is 684. The first kappa shape index (κ1) is 17.3. The van der Waals surface area contributed by atoms with Crippen molar-refractivity contribution >= 4 is 17.3 Å². The van der Waals surface area contributed by atoms with E-state index in [1.165, 1.54) is 5.69 Å². The monoisotopic (exact) mass is 339 g/mol. The van der Waals surface area contributed by atoms with Crippen molar-refractivity contribution in [1.82, 2.24) is 5.32 Å². The van der Waals surface area contributed by atoms with Crippen molar-refractivity contribution in [2.24, 2.45) is 0 Å². The Morgan fingerprint density at radius 3 is 2.52 bits per heavy atom. The van der Waals surface area contributed by atoms with Crippen molar-refractivity contribution in [1.29, 1.82) is 0 Å². The van der Waals surface area contributed by atoms with Crippen LogP contribution in [0.3, 0.4) is 0 Å². The maximum Gasteiger partial charge on any atom is 0.239 e. The maximum absolute atomic E-state index is 12.3. The topological polar surface area (TPSA) is 44.8 Å². The summed E-state index contributed by atoms with van der Waals surface area (Å²) in [5.41, 5.74) is 3.36. The summed E-state index contributed by atoms with van der Waals surface area (Å²) in [5.74, 6) is 0.0168. The van der Waals surface area contributed by atoms with E-state index in [2.05, 4.69) is 22.3 Å². The standard InChI is InChI=1S/C20H25N3O2/c1-22(18-8-3-2-4-9-18)16-20(24)21-15-17-7-5-6-10-19(17)23-11-13-25-14-12-23/h2-10H,11-16H2,1H3,(H,21,24). The van der Waals surface area contributed by atoms with Gasteiger partial charge in [0, 0.05) is 38.1 Å². The summed E-state index contributed by atoms with van der Waals surface area (Å²) in [6, 6.07) is 18.2. The van der Waals surface area contributed by atoms with Gasteiger partial charge in [-0.1, -0.05) is 36.4 Å². The van der Waals surface area contributed by atoms with Crippen LogP contribution < -0.4 is 15.1 Å². The highest BCUT2D eigenvalue weighted by molar-refractivity contribution is 5.81. The summed E-state index contributed by atoms with van der Waals surface area (Å²) in [6.45, 7) is 4.16. The van der Waals surface area contributed by atoms with Gasteiger partial charge < -0.3 is 19.9 Å². The summed E-state index contributed by atoms with van der Waals surface area (Å²) in [5, 5.41) is 3.04. The largest absolute Gasteiger partial charge is 0.378 e. The number of carbonyl (C=O) groups is 1. The van der Waals surface area contributed by atoms with Crippen molar-refractivity contribution in [2.75, 3.05) is 49.7 Å². The highest BCUT2D eigenvalue weighted by Crippen LogP contribution is 2.21. The first-order chi connectivity index (χ1) is 12.2. The van der Waals surface area contributed by atoms with Gasteiger partial charge in [-0.05, 0) is 23.8 Å². The van der Waals surface area contributed by atoms with Gasteiger partial charge in [0.25, 0.3) is 0 Å². The van der Waals surface area contributed by atoms with Crippen LogP contribution in [-0.4, -0.2) is 45.8 Å². The molecule has 0 saturated carbocycles. The Morgan fingerprint density at radius 2 is 1.76 bits per heavy atom. The van der Waals surface area contributed by atoms with Gasteiger partial charge in [0.1, 0.15) is 0 Å². The normalized spacial score (nSPS) is 14.2. The van der Waals surface area contributed by atoms with Crippen molar-refractivity contribution < 1.29 is 9.53 Å². The number of morpholine rings is 1. The van der Waals surface area contributed by atoms with Crippen LogP contribution in [0, 0.1) is 0 Å². The van der Waals surface area contributed by atoms with Crippen molar-refractivity contribution in [3.63, 3.8) is 0 Å². The average molecular weight is 339 g/mol. The van der Waals surface area contributed by atoms with Crippen LogP contribution in [0.1, 0.15) is 5.56 Å². The molecule has 1 N–H and O–H groups in total.